The minimum Gasteiger partial charge on any atom is -0.438 e. The maximum atomic E-state index is 11.6. The van der Waals surface area contributed by atoms with Crippen molar-refractivity contribution in [1.82, 2.24) is 9.97 Å². The molecule has 0 aliphatic carbocycles. The quantitative estimate of drug-likeness (QED) is 0.834. The van der Waals surface area contributed by atoms with E-state index in [1.54, 1.807) is 19.2 Å². The molecule has 82 valence electrons. The minimum absolute atomic E-state index is 0.0416. The minimum atomic E-state index is -0.399. The average molecular weight is 217 g/mol. The number of aryl methyl sites for hydroxylation is 2. The molecule has 0 bridgehead atoms. The van der Waals surface area contributed by atoms with Gasteiger partial charge in [-0.15, -0.1) is 0 Å². The maximum Gasteiger partial charge on any atom is 0.312 e. The summed E-state index contributed by atoms with van der Waals surface area (Å²) in [7, 11) is 0. The molecule has 0 saturated carbocycles. The zero-order valence-corrected chi connectivity index (χ0v) is 9.02. The zero-order valence-electron chi connectivity index (χ0n) is 9.02. The van der Waals surface area contributed by atoms with Crippen LogP contribution in [0.3, 0.4) is 0 Å². The van der Waals surface area contributed by atoms with Gasteiger partial charge in [-0.2, -0.15) is 0 Å². The van der Waals surface area contributed by atoms with Crippen LogP contribution >= 0.6 is 0 Å². The summed E-state index contributed by atoms with van der Waals surface area (Å²) in [5, 5.41) is 2.59. The van der Waals surface area contributed by atoms with Crippen molar-refractivity contribution in [3.05, 3.63) is 41.7 Å². The Labute approximate surface area is 92.5 Å². The van der Waals surface area contributed by atoms with Gasteiger partial charge in [-0.1, -0.05) is 6.07 Å². The van der Waals surface area contributed by atoms with Crippen LogP contribution in [0.5, 0.6) is 0 Å². The van der Waals surface area contributed by atoms with Crippen LogP contribution in [-0.2, 0) is 0 Å². The maximum absolute atomic E-state index is 11.6. The molecule has 0 aromatic carbocycles. The van der Waals surface area contributed by atoms with E-state index in [0.29, 0.717) is 11.6 Å². The molecule has 2 aromatic heterocycles. The van der Waals surface area contributed by atoms with Crippen LogP contribution < -0.4 is 5.32 Å². The van der Waals surface area contributed by atoms with E-state index in [1.165, 1.54) is 6.20 Å². The third-order valence-corrected chi connectivity index (χ3v) is 1.97. The van der Waals surface area contributed by atoms with Crippen molar-refractivity contribution in [3.63, 3.8) is 0 Å². The molecule has 2 aromatic rings. The van der Waals surface area contributed by atoms with Gasteiger partial charge in [0.15, 0.2) is 0 Å². The van der Waals surface area contributed by atoms with E-state index in [4.69, 9.17) is 4.42 Å². The number of hydrogen-bond donors (Lipinski definition) is 1. The number of carbonyl (C=O) groups is 1. The van der Waals surface area contributed by atoms with E-state index in [9.17, 15) is 4.79 Å². The van der Waals surface area contributed by atoms with E-state index in [2.05, 4.69) is 15.3 Å². The molecule has 0 unspecified atom stereocenters. The van der Waals surface area contributed by atoms with E-state index < -0.39 is 5.91 Å². The van der Waals surface area contributed by atoms with Gasteiger partial charge in [0, 0.05) is 6.20 Å². The Morgan fingerprint density at radius 3 is 2.62 bits per heavy atom. The number of amides is 1. The van der Waals surface area contributed by atoms with Crippen molar-refractivity contribution in [2.75, 3.05) is 5.32 Å². The highest BCUT2D eigenvalue weighted by atomic mass is 16.4. The topological polar surface area (TPSA) is 68.0 Å². The first-order valence-electron chi connectivity index (χ1n) is 4.81. The van der Waals surface area contributed by atoms with Gasteiger partial charge < -0.3 is 9.73 Å². The third kappa shape index (κ3) is 2.25. The van der Waals surface area contributed by atoms with Crippen LogP contribution in [0.25, 0.3) is 0 Å². The zero-order chi connectivity index (χ0) is 11.5. The fourth-order valence-corrected chi connectivity index (χ4v) is 1.17. The Morgan fingerprint density at radius 1 is 1.25 bits per heavy atom. The van der Waals surface area contributed by atoms with Gasteiger partial charge in [0.05, 0.1) is 6.20 Å². The van der Waals surface area contributed by atoms with Crippen molar-refractivity contribution in [3.8, 4) is 0 Å². The molecular weight excluding hydrogens is 206 g/mol. The summed E-state index contributed by atoms with van der Waals surface area (Å²) in [5.41, 5.74) is 1.03. The lowest BCUT2D eigenvalue weighted by Crippen LogP contribution is -2.13. The van der Waals surface area contributed by atoms with E-state index in [-0.39, 0.29) is 5.89 Å². The number of anilines is 1. The first kappa shape index (κ1) is 10.4. The number of hydrogen-bond acceptors (Lipinski definition) is 4. The highest BCUT2D eigenvalue weighted by molar-refractivity contribution is 6.00. The SMILES string of the molecule is Cc1ccc(NC(=O)c2ncc(C)o2)nc1. The summed E-state index contributed by atoms with van der Waals surface area (Å²) in [6, 6.07) is 3.59. The molecule has 2 rings (SSSR count). The molecule has 0 atom stereocenters. The second-order valence-electron chi connectivity index (χ2n) is 3.45. The van der Waals surface area contributed by atoms with E-state index in [1.807, 2.05) is 13.0 Å². The molecule has 0 fully saturated rings. The standard InChI is InChI=1S/C11H11N3O2/c1-7-3-4-9(12-5-7)14-10(15)11-13-6-8(2)16-11/h3-6H,1-2H3,(H,12,14,15). The average Bonchev–Trinajstić information content (AvgIpc) is 2.68. The van der Waals surface area contributed by atoms with Crippen molar-refractivity contribution in [2.24, 2.45) is 0 Å². The molecular formula is C11H11N3O2. The normalized spacial score (nSPS) is 10.1. The molecule has 1 amide bonds. The summed E-state index contributed by atoms with van der Waals surface area (Å²) >= 11 is 0. The molecule has 0 aliphatic rings. The highest BCUT2D eigenvalue weighted by Crippen LogP contribution is 2.07. The van der Waals surface area contributed by atoms with Gasteiger partial charge >= 0.3 is 5.91 Å². The lowest BCUT2D eigenvalue weighted by atomic mass is 10.3. The number of carbonyl (C=O) groups excluding carboxylic acids is 1. The number of nitrogens with one attached hydrogen (secondary N) is 1. The molecule has 16 heavy (non-hydrogen) atoms. The molecule has 0 spiro atoms. The molecule has 0 radical (unpaired) electrons. The van der Waals surface area contributed by atoms with Crippen molar-refractivity contribution >= 4 is 11.7 Å². The molecule has 0 saturated heterocycles. The van der Waals surface area contributed by atoms with Gasteiger partial charge in [0.25, 0.3) is 5.89 Å². The lowest BCUT2D eigenvalue weighted by molar-refractivity contribution is 0.0988. The van der Waals surface area contributed by atoms with Gasteiger partial charge in [0.1, 0.15) is 11.6 Å². The first-order valence-corrected chi connectivity index (χ1v) is 4.81. The summed E-state index contributed by atoms with van der Waals surface area (Å²) in [4.78, 5) is 19.5. The number of nitrogens with zero attached hydrogens (tertiary/aromatic N) is 2. The van der Waals surface area contributed by atoms with Crippen LogP contribution in [0.1, 0.15) is 22.0 Å². The Bertz CT molecular complexity index is 502. The van der Waals surface area contributed by atoms with E-state index >= 15 is 0 Å². The summed E-state index contributed by atoms with van der Waals surface area (Å²) in [6.07, 6.45) is 3.17. The van der Waals surface area contributed by atoms with Crippen LogP contribution in [0.15, 0.2) is 28.9 Å². The molecule has 1 N–H and O–H groups in total. The van der Waals surface area contributed by atoms with Gasteiger partial charge in [-0.3, -0.25) is 4.79 Å². The summed E-state index contributed by atoms with van der Waals surface area (Å²) in [6.45, 7) is 3.66. The van der Waals surface area contributed by atoms with Crippen LogP contribution in [0.4, 0.5) is 5.82 Å². The Morgan fingerprint density at radius 2 is 2.06 bits per heavy atom. The van der Waals surface area contributed by atoms with Crippen molar-refractivity contribution < 1.29 is 9.21 Å². The summed E-state index contributed by atoms with van der Waals surface area (Å²) in [5.74, 6) is 0.720. The predicted molar refractivity (Wildman–Crippen MR) is 58.2 cm³/mol. The fraction of sp³-hybridized carbons (Fsp3) is 0.182. The van der Waals surface area contributed by atoms with Gasteiger partial charge in [-0.25, -0.2) is 9.97 Å². The molecule has 0 aliphatic heterocycles. The van der Waals surface area contributed by atoms with Crippen molar-refractivity contribution in [1.29, 1.82) is 0 Å². The largest absolute Gasteiger partial charge is 0.438 e. The van der Waals surface area contributed by atoms with Crippen molar-refractivity contribution in [2.45, 2.75) is 13.8 Å². The Kier molecular flexibility index (Phi) is 2.68. The molecule has 5 heteroatoms. The van der Waals surface area contributed by atoms with Crippen LogP contribution in [0.2, 0.25) is 0 Å². The highest BCUT2D eigenvalue weighted by Gasteiger charge is 2.12. The fourth-order valence-electron chi connectivity index (χ4n) is 1.17. The summed E-state index contributed by atoms with van der Waals surface area (Å²) < 4.78 is 5.09. The smallest absolute Gasteiger partial charge is 0.312 e. The second-order valence-corrected chi connectivity index (χ2v) is 3.45. The number of pyridine rings is 1. The van der Waals surface area contributed by atoms with Gasteiger partial charge in [-0.05, 0) is 25.5 Å². The molecule has 2 heterocycles. The lowest BCUT2D eigenvalue weighted by Gasteiger charge is -2.01. The van der Waals surface area contributed by atoms with Crippen LogP contribution in [-0.4, -0.2) is 15.9 Å². The predicted octanol–water partition coefficient (Wildman–Crippen LogP) is 1.94. The Balaban J connectivity index is 2.10. The second kappa shape index (κ2) is 4.14. The Hall–Kier alpha value is -2.17. The van der Waals surface area contributed by atoms with Gasteiger partial charge in [0.2, 0.25) is 0 Å². The van der Waals surface area contributed by atoms with E-state index in [0.717, 1.165) is 5.56 Å². The van der Waals surface area contributed by atoms with Crippen LogP contribution in [0, 0.1) is 13.8 Å². The molecule has 5 nitrogen and oxygen atoms in total. The number of oxazole rings is 1. The number of aromatic nitrogens is 2. The first-order chi connectivity index (χ1) is 7.65. The number of rotatable bonds is 2. The monoisotopic (exact) mass is 217 g/mol. The third-order valence-electron chi connectivity index (χ3n) is 1.97.